The second-order valence-electron chi connectivity index (χ2n) is 8.56. The molecule has 1 fully saturated rings. The lowest BCUT2D eigenvalue weighted by molar-refractivity contribution is 0.157. The van der Waals surface area contributed by atoms with E-state index in [2.05, 4.69) is 49.1 Å². The highest BCUT2D eigenvalue weighted by atomic mass is 19.1. The Hall–Kier alpha value is -2.25. The molecule has 0 aromatic heterocycles. The van der Waals surface area contributed by atoms with Gasteiger partial charge in [-0.3, -0.25) is 0 Å². The third kappa shape index (κ3) is 4.73. The Balaban J connectivity index is 1.74. The molecule has 0 heterocycles. The number of nitriles is 1. The van der Waals surface area contributed by atoms with Gasteiger partial charge in [0.1, 0.15) is 11.6 Å². The van der Waals surface area contributed by atoms with Crippen molar-refractivity contribution in [3.05, 3.63) is 71.3 Å². The molecule has 0 N–H and O–H groups in total. The molecule has 0 radical (unpaired) electrons. The Labute approximate surface area is 179 Å². The summed E-state index contributed by atoms with van der Waals surface area (Å²) in [5, 5.41) is 10.2. The summed E-state index contributed by atoms with van der Waals surface area (Å²) in [5.74, 6) is -1.15. The first-order chi connectivity index (χ1) is 14.5. The van der Waals surface area contributed by atoms with Gasteiger partial charge >= 0.3 is 0 Å². The summed E-state index contributed by atoms with van der Waals surface area (Å²) in [6.07, 6.45) is 4.93. The van der Waals surface area contributed by atoms with Crippen molar-refractivity contribution in [2.75, 3.05) is 13.1 Å². The van der Waals surface area contributed by atoms with E-state index in [0.29, 0.717) is 6.42 Å². The molecule has 0 saturated heterocycles. The van der Waals surface area contributed by atoms with Crippen LogP contribution in [0.5, 0.6) is 0 Å². The predicted molar refractivity (Wildman–Crippen MR) is 117 cm³/mol. The minimum absolute atomic E-state index is 0.0169. The first-order valence-corrected chi connectivity index (χ1v) is 11.2. The topological polar surface area (TPSA) is 27.0 Å². The van der Waals surface area contributed by atoms with E-state index in [4.69, 9.17) is 0 Å². The van der Waals surface area contributed by atoms with Crippen LogP contribution in [0, 0.1) is 28.9 Å². The molecule has 1 saturated carbocycles. The molecule has 160 valence electrons. The number of likely N-dealkylation sites (N-methyl/N-ethyl adjacent to an activating group) is 1. The first-order valence-electron chi connectivity index (χ1n) is 11.2. The second-order valence-corrected chi connectivity index (χ2v) is 8.56. The van der Waals surface area contributed by atoms with E-state index in [1.807, 2.05) is 6.07 Å². The van der Waals surface area contributed by atoms with Crippen LogP contribution in [0.1, 0.15) is 57.1 Å². The maximum absolute atomic E-state index is 14.7. The van der Waals surface area contributed by atoms with Gasteiger partial charge in [0.2, 0.25) is 0 Å². The lowest BCUT2D eigenvalue weighted by Gasteiger charge is -2.42. The van der Waals surface area contributed by atoms with Crippen LogP contribution in [0.3, 0.4) is 0 Å². The summed E-state index contributed by atoms with van der Waals surface area (Å²) < 4.78 is 29.4. The van der Waals surface area contributed by atoms with E-state index in [9.17, 15) is 14.0 Å². The zero-order chi connectivity index (χ0) is 21.6. The van der Waals surface area contributed by atoms with Crippen molar-refractivity contribution in [3.63, 3.8) is 0 Å². The molecule has 2 aromatic carbocycles. The number of rotatable bonds is 10. The van der Waals surface area contributed by atoms with E-state index in [1.54, 1.807) is 0 Å². The molecular weight excluding hydrogens is 378 g/mol. The molecule has 30 heavy (non-hydrogen) atoms. The van der Waals surface area contributed by atoms with Gasteiger partial charge in [0, 0.05) is 18.2 Å². The maximum atomic E-state index is 14.7. The fourth-order valence-corrected chi connectivity index (χ4v) is 4.79. The van der Waals surface area contributed by atoms with Crippen LogP contribution < -0.4 is 0 Å². The van der Waals surface area contributed by atoms with Crippen molar-refractivity contribution < 1.29 is 8.78 Å². The summed E-state index contributed by atoms with van der Waals surface area (Å²) in [7, 11) is 0. The lowest BCUT2D eigenvalue weighted by Crippen LogP contribution is -2.42. The molecule has 0 bridgehead atoms. The fraction of sp³-hybridized carbons (Fsp3) is 0.500. The number of halogens is 2. The Kier molecular flexibility index (Phi) is 7.61. The SMILES string of the molecule is CCN(CCc1ccccc1)C(C)CCC(C#N)(c1c(F)cccc1F)C1CCC1. The average molecular weight is 411 g/mol. The zero-order valence-corrected chi connectivity index (χ0v) is 18.1. The molecule has 2 unspecified atom stereocenters. The number of hydrogen-bond donors (Lipinski definition) is 0. The van der Waals surface area contributed by atoms with Crippen molar-refractivity contribution in [1.29, 1.82) is 5.26 Å². The van der Waals surface area contributed by atoms with Crippen LogP contribution in [-0.4, -0.2) is 24.0 Å². The quantitative estimate of drug-likeness (QED) is 0.462. The Morgan fingerprint density at radius 2 is 1.77 bits per heavy atom. The fourth-order valence-electron chi connectivity index (χ4n) is 4.79. The Morgan fingerprint density at radius 1 is 1.10 bits per heavy atom. The summed E-state index contributed by atoms with van der Waals surface area (Å²) in [6.45, 7) is 6.14. The first kappa shape index (κ1) is 22.4. The monoisotopic (exact) mass is 410 g/mol. The van der Waals surface area contributed by atoms with E-state index >= 15 is 0 Å². The maximum Gasteiger partial charge on any atom is 0.130 e. The molecule has 3 rings (SSSR count). The predicted octanol–water partition coefficient (Wildman–Crippen LogP) is 6.26. The van der Waals surface area contributed by atoms with E-state index in [-0.39, 0.29) is 17.5 Å². The zero-order valence-electron chi connectivity index (χ0n) is 18.1. The highest BCUT2D eigenvalue weighted by molar-refractivity contribution is 5.37. The van der Waals surface area contributed by atoms with Gasteiger partial charge < -0.3 is 4.90 Å². The van der Waals surface area contributed by atoms with E-state index in [0.717, 1.165) is 45.2 Å². The molecule has 2 atom stereocenters. The number of hydrogen-bond acceptors (Lipinski definition) is 2. The molecular formula is C26H32F2N2. The van der Waals surface area contributed by atoms with Crippen LogP contribution in [0.15, 0.2) is 48.5 Å². The summed E-state index contributed by atoms with van der Waals surface area (Å²) in [4.78, 5) is 2.40. The summed E-state index contributed by atoms with van der Waals surface area (Å²) in [6, 6.07) is 17.0. The van der Waals surface area contributed by atoms with Crippen LogP contribution in [0.25, 0.3) is 0 Å². The highest BCUT2D eigenvalue weighted by Gasteiger charge is 2.46. The molecule has 0 spiro atoms. The van der Waals surface area contributed by atoms with Gasteiger partial charge in [0.05, 0.1) is 11.5 Å². The van der Waals surface area contributed by atoms with Gasteiger partial charge in [-0.2, -0.15) is 5.26 Å². The van der Waals surface area contributed by atoms with Crippen molar-refractivity contribution in [2.24, 2.45) is 5.92 Å². The Morgan fingerprint density at radius 3 is 2.30 bits per heavy atom. The molecule has 2 aromatic rings. The van der Waals surface area contributed by atoms with Crippen molar-refractivity contribution in [2.45, 2.75) is 63.8 Å². The standard InChI is InChI=1S/C26H32F2N2/c1-3-30(18-16-21-9-5-4-6-10-21)20(2)15-17-26(19-29,22-11-7-12-22)25-23(27)13-8-14-24(25)28/h4-6,8-10,13-14,20,22H,3,7,11-12,15-18H2,1-2H3. The van der Waals surface area contributed by atoms with Crippen LogP contribution in [-0.2, 0) is 11.8 Å². The summed E-state index contributed by atoms with van der Waals surface area (Å²) >= 11 is 0. The Bertz CT molecular complexity index is 837. The van der Waals surface area contributed by atoms with Gasteiger partial charge in [-0.05, 0) is 69.2 Å². The molecule has 1 aliphatic rings. The third-order valence-corrected chi connectivity index (χ3v) is 6.93. The van der Waals surface area contributed by atoms with Gasteiger partial charge in [-0.25, -0.2) is 8.78 Å². The number of nitrogens with zero attached hydrogens (tertiary/aromatic N) is 2. The van der Waals surface area contributed by atoms with Crippen molar-refractivity contribution in [1.82, 2.24) is 4.90 Å². The molecule has 2 nitrogen and oxygen atoms in total. The van der Waals surface area contributed by atoms with Crippen LogP contribution >= 0.6 is 0 Å². The molecule has 4 heteroatoms. The second kappa shape index (κ2) is 10.2. The summed E-state index contributed by atoms with van der Waals surface area (Å²) in [5.41, 5.74) is 0.204. The highest BCUT2D eigenvalue weighted by Crippen LogP contribution is 2.48. The van der Waals surface area contributed by atoms with Gasteiger partial charge in [0.15, 0.2) is 0 Å². The van der Waals surface area contributed by atoms with Crippen molar-refractivity contribution in [3.8, 4) is 6.07 Å². The normalized spacial score (nSPS) is 17.2. The molecule has 0 aliphatic heterocycles. The minimum atomic E-state index is -1.08. The van der Waals surface area contributed by atoms with Crippen LogP contribution in [0.2, 0.25) is 0 Å². The van der Waals surface area contributed by atoms with Gasteiger partial charge in [-0.1, -0.05) is 49.7 Å². The minimum Gasteiger partial charge on any atom is -0.301 e. The largest absolute Gasteiger partial charge is 0.301 e. The average Bonchev–Trinajstić information content (AvgIpc) is 2.71. The van der Waals surface area contributed by atoms with E-state index in [1.165, 1.54) is 23.8 Å². The number of benzene rings is 2. The van der Waals surface area contributed by atoms with Crippen LogP contribution in [0.4, 0.5) is 8.78 Å². The molecule has 1 aliphatic carbocycles. The van der Waals surface area contributed by atoms with Gasteiger partial charge in [-0.15, -0.1) is 0 Å². The van der Waals surface area contributed by atoms with E-state index < -0.39 is 17.0 Å². The van der Waals surface area contributed by atoms with Gasteiger partial charge in [0.25, 0.3) is 0 Å². The molecule has 0 amide bonds. The van der Waals surface area contributed by atoms with Crippen molar-refractivity contribution >= 4 is 0 Å². The smallest absolute Gasteiger partial charge is 0.130 e. The third-order valence-electron chi connectivity index (χ3n) is 6.93. The lowest BCUT2D eigenvalue weighted by atomic mass is 9.60.